The van der Waals surface area contributed by atoms with Crippen LogP contribution in [0.25, 0.3) is 11.3 Å². The van der Waals surface area contributed by atoms with Crippen LogP contribution in [0.4, 0.5) is 11.5 Å². The highest BCUT2D eigenvalue weighted by atomic mass is 32.2. The molecule has 6 nitrogen and oxygen atoms in total. The van der Waals surface area contributed by atoms with E-state index in [2.05, 4.69) is 19.8 Å². The molecular formula is C24H28N4O2S. The van der Waals surface area contributed by atoms with Gasteiger partial charge in [-0.05, 0) is 74.2 Å². The molecule has 1 aliphatic heterocycles. The van der Waals surface area contributed by atoms with Gasteiger partial charge in [0, 0.05) is 24.3 Å². The van der Waals surface area contributed by atoms with Crippen molar-refractivity contribution in [1.29, 1.82) is 0 Å². The molecule has 1 fully saturated rings. The van der Waals surface area contributed by atoms with E-state index in [0.717, 1.165) is 35.6 Å². The van der Waals surface area contributed by atoms with Gasteiger partial charge in [0.1, 0.15) is 0 Å². The summed E-state index contributed by atoms with van der Waals surface area (Å²) in [6.07, 6.45) is 4.91. The van der Waals surface area contributed by atoms with Crippen LogP contribution in [0, 0.1) is 13.8 Å². The van der Waals surface area contributed by atoms with Crippen molar-refractivity contribution in [3.63, 3.8) is 0 Å². The van der Waals surface area contributed by atoms with Crippen LogP contribution >= 0.6 is 0 Å². The molecule has 0 radical (unpaired) electrons. The minimum Gasteiger partial charge on any atom is -0.355 e. The van der Waals surface area contributed by atoms with Gasteiger partial charge >= 0.3 is 0 Å². The SMILES string of the molecule is Cc1cc(C)cc(S(=O)(=O)Nc2cccc(-c3ccc(N4CCCCCC4)nn3)c2)c1. The molecule has 0 saturated carbocycles. The van der Waals surface area contributed by atoms with E-state index >= 15 is 0 Å². The van der Waals surface area contributed by atoms with Crippen LogP contribution < -0.4 is 9.62 Å². The second kappa shape index (κ2) is 9.06. The van der Waals surface area contributed by atoms with Crippen molar-refractivity contribution < 1.29 is 8.42 Å². The van der Waals surface area contributed by atoms with Crippen molar-refractivity contribution in [2.75, 3.05) is 22.7 Å². The van der Waals surface area contributed by atoms with Gasteiger partial charge in [0.25, 0.3) is 10.0 Å². The second-order valence-electron chi connectivity index (χ2n) is 8.19. The Labute approximate surface area is 184 Å². The number of nitrogens with one attached hydrogen (secondary N) is 1. The van der Waals surface area contributed by atoms with Gasteiger partial charge in [-0.2, -0.15) is 0 Å². The number of benzene rings is 2. The number of aryl methyl sites for hydroxylation is 2. The molecule has 0 amide bonds. The number of rotatable bonds is 5. The average molecular weight is 437 g/mol. The Balaban J connectivity index is 1.54. The molecule has 4 rings (SSSR count). The Kier molecular flexibility index (Phi) is 6.23. The van der Waals surface area contributed by atoms with Crippen LogP contribution in [0.2, 0.25) is 0 Å². The number of nitrogens with zero attached hydrogens (tertiary/aromatic N) is 3. The first-order valence-corrected chi connectivity index (χ1v) is 12.2. The lowest BCUT2D eigenvalue weighted by molar-refractivity contribution is 0.601. The van der Waals surface area contributed by atoms with E-state index in [1.807, 2.05) is 44.2 Å². The fourth-order valence-electron chi connectivity index (χ4n) is 3.99. The molecule has 0 atom stereocenters. The van der Waals surface area contributed by atoms with E-state index in [1.54, 1.807) is 24.3 Å². The smallest absolute Gasteiger partial charge is 0.261 e. The summed E-state index contributed by atoms with van der Waals surface area (Å²) in [7, 11) is -3.67. The Hall–Kier alpha value is -2.93. The van der Waals surface area contributed by atoms with Crippen LogP contribution in [0.5, 0.6) is 0 Å². The summed E-state index contributed by atoms with van der Waals surface area (Å²) >= 11 is 0. The number of hydrogen-bond donors (Lipinski definition) is 1. The lowest BCUT2D eigenvalue weighted by Gasteiger charge is -2.20. The molecule has 0 aliphatic carbocycles. The van der Waals surface area contributed by atoms with Gasteiger partial charge < -0.3 is 4.90 Å². The maximum atomic E-state index is 12.9. The van der Waals surface area contributed by atoms with Crippen LogP contribution in [0.15, 0.2) is 59.5 Å². The normalized spacial score (nSPS) is 14.8. The third kappa shape index (κ3) is 5.22. The summed E-state index contributed by atoms with van der Waals surface area (Å²) < 4.78 is 28.4. The lowest BCUT2D eigenvalue weighted by atomic mass is 10.1. The van der Waals surface area contributed by atoms with E-state index in [4.69, 9.17) is 0 Å². The van der Waals surface area contributed by atoms with Gasteiger partial charge in [-0.3, -0.25) is 4.72 Å². The van der Waals surface area contributed by atoms with Crippen molar-refractivity contribution in [2.24, 2.45) is 0 Å². The first kappa shape index (κ1) is 21.3. The molecule has 1 aliphatic rings. The minimum atomic E-state index is -3.67. The van der Waals surface area contributed by atoms with Crippen molar-refractivity contribution >= 4 is 21.5 Å². The van der Waals surface area contributed by atoms with Gasteiger partial charge in [-0.15, -0.1) is 10.2 Å². The zero-order valence-electron chi connectivity index (χ0n) is 18.0. The largest absolute Gasteiger partial charge is 0.355 e. The van der Waals surface area contributed by atoms with E-state index in [1.165, 1.54) is 25.7 Å². The van der Waals surface area contributed by atoms with Crippen molar-refractivity contribution in [3.05, 3.63) is 65.7 Å². The quantitative estimate of drug-likeness (QED) is 0.613. The third-order valence-electron chi connectivity index (χ3n) is 5.50. The van der Waals surface area contributed by atoms with Crippen molar-refractivity contribution in [3.8, 4) is 11.3 Å². The molecule has 1 N–H and O–H groups in total. The molecule has 31 heavy (non-hydrogen) atoms. The first-order chi connectivity index (χ1) is 14.9. The molecule has 0 unspecified atom stereocenters. The second-order valence-corrected chi connectivity index (χ2v) is 9.87. The molecule has 3 aromatic rings. The molecule has 0 bridgehead atoms. The zero-order chi connectivity index (χ0) is 21.8. The monoisotopic (exact) mass is 436 g/mol. The van der Waals surface area contributed by atoms with Crippen LogP contribution in [0.3, 0.4) is 0 Å². The third-order valence-corrected chi connectivity index (χ3v) is 6.86. The standard InChI is InChI=1S/C24H28N4O2S/c1-18-14-19(2)16-22(15-18)31(29,30)27-21-9-7-8-20(17-21)23-10-11-24(26-25-23)28-12-5-3-4-6-13-28/h7-11,14-17,27H,3-6,12-13H2,1-2H3. The fourth-order valence-corrected chi connectivity index (χ4v) is 5.23. The number of hydrogen-bond acceptors (Lipinski definition) is 5. The average Bonchev–Trinajstić information content (AvgIpc) is 3.03. The molecule has 1 saturated heterocycles. The van der Waals surface area contributed by atoms with Crippen molar-refractivity contribution in [1.82, 2.24) is 10.2 Å². The summed E-state index contributed by atoms with van der Waals surface area (Å²) in [4.78, 5) is 2.55. The maximum absolute atomic E-state index is 12.9. The predicted molar refractivity (Wildman–Crippen MR) is 125 cm³/mol. The number of sulfonamides is 1. The minimum absolute atomic E-state index is 0.261. The first-order valence-electron chi connectivity index (χ1n) is 10.7. The van der Waals surface area contributed by atoms with Crippen molar-refractivity contribution in [2.45, 2.75) is 44.4 Å². The van der Waals surface area contributed by atoms with Gasteiger partial charge in [0.05, 0.1) is 10.6 Å². The topological polar surface area (TPSA) is 75.2 Å². The Morgan fingerprint density at radius 2 is 1.55 bits per heavy atom. The Morgan fingerprint density at radius 1 is 0.839 bits per heavy atom. The van der Waals surface area contributed by atoms with E-state index in [-0.39, 0.29) is 4.90 Å². The molecule has 162 valence electrons. The highest BCUT2D eigenvalue weighted by Crippen LogP contribution is 2.25. The molecule has 2 aromatic carbocycles. The van der Waals surface area contributed by atoms with Gasteiger partial charge in [-0.1, -0.05) is 31.0 Å². The molecule has 2 heterocycles. The molecule has 1 aromatic heterocycles. The summed E-state index contributed by atoms with van der Waals surface area (Å²) in [5, 5.41) is 8.83. The van der Waals surface area contributed by atoms with E-state index in [9.17, 15) is 8.42 Å². The number of anilines is 2. The van der Waals surface area contributed by atoms with Crippen LogP contribution in [-0.2, 0) is 10.0 Å². The van der Waals surface area contributed by atoms with E-state index < -0.39 is 10.0 Å². The molecule has 7 heteroatoms. The summed E-state index contributed by atoms with van der Waals surface area (Å²) in [5.41, 5.74) is 3.85. The van der Waals surface area contributed by atoms with Gasteiger partial charge in [-0.25, -0.2) is 8.42 Å². The van der Waals surface area contributed by atoms with Crippen LogP contribution in [-0.4, -0.2) is 31.7 Å². The Bertz CT molecular complexity index is 1130. The summed E-state index contributed by atoms with van der Waals surface area (Å²) in [6.45, 7) is 5.81. The van der Waals surface area contributed by atoms with Gasteiger partial charge in [0.15, 0.2) is 5.82 Å². The highest BCUT2D eigenvalue weighted by Gasteiger charge is 2.16. The van der Waals surface area contributed by atoms with Crippen LogP contribution in [0.1, 0.15) is 36.8 Å². The molecular weight excluding hydrogens is 408 g/mol. The molecule has 0 spiro atoms. The summed E-state index contributed by atoms with van der Waals surface area (Å²) in [5.74, 6) is 0.900. The number of aromatic nitrogens is 2. The highest BCUT2D eigenvalue weighted by molar-refractivity contribution is 7.92. The Morgan fingerprint density at radius 3 is 2.19 bits per heavy atom. The van der Waals surface area contributed by atoms with Gasteiger partial charge in [0.2, 0.25) is 0 Å². The lowest BCUT2D eigenvalue weighted by Crippen LogP contribution is -2.25. The summed E-state index contributed by atoms with van der Waals surface area (Å²) in [6, 6.07) is 16.5. The zero-order valence-corrected chi connectivity index (χ0v) is 18.8. The fraction of sp³-hybridized carbons (Fsp3) is 0.333. The predicted octanol–water partition coefficient (Wildman–Crippen LogP) is 4.94. The van der Waals surface area contributed by atoms with E-state index in [0.29, 0.717) is 11.4 Å². The maximum Gasteiger partial charge on any atom is 0.261 e.